The molecule has 1 aromatic heterocycles. The van der Waals surface area contributed by atoms with Crippen LogP contribution in [0.5, 0.6) is 5.75 Å². The summed E-state index contributed by atoms with van der Waals surface area (Å²) < 4.78 is 7.08. The maximum absolute atomic E-state index is 12.7. The predicted molar refractivity (Wildman–Crippen MR) is 77.3 cm³/mol. The third-order valence-electron chi connectivity index (χ3n) is 3.69. The van der Waals surface area contributed by atoms with Gasteiger partial charge in [0.1, 0.15) is 5.69 Å². The van der Waals surface area contributed by atoms with Gasteiger partial charge in [-0.25, -0.2) is 0 Å². The van der Waals surface area contributed by atoms with E-state index in [-0.39, 0.29) is 11.7 Å². The van der Waals surface area contributed by atoms with Gasteiger partial charge in [0, 0.05) is 19.0 Å². The van der Waals surface area contributed by atoms with Gasteiger partial charge < -0.3 is 15.0 Å². The van der Waals surface area contributed by atoms with Gasteiger partial charge in [0.2, 0.25) is 0 Å². The van der Waals surface area contributed by atoms with Gasteiger partial charge in [-0.1, -0.05) is 0 Å². The molecule has 0 amide bonds. The van der Waals surface area contributed by atoms with E-state index in [4.69, 9.17) is 4.74 Å². The van der Waals surface area contributed by atoms with E-state index in [2.05, 4.69) is 15.3 Å². The van der Waals surface area contributed by atoms with Gasteiger partial charge in [0.05, 0.1) is 19.9 Å². The summed E-state index contributed by atoms with van der Waals surface area (Å²) in [6.45, 7) is 3.28. The minimum absolute atomic E-state index is 0.0347. The number of carbonyl (C=O) groups is 1. The Morgan fingerprint density at radius 1 is 1.60 bits per heavy atom. The molecule has 1 unspecified atom stereocenters. The zero-order chi connectivity index (χ0) is 14.5. The molecule has 1 fully saturated rings. The molecule has 0 saturated carbocycles. The van der Waals surface area contributed by atoms with E-state index in [1.165, 1.54) is 0 Å². The molecule has 0 bridgehead atoms. The van der Waals surface area contributed by atoms with Gasteiger partial charge >= 0.3 is 0 Å². The van der Waals surface area contributed by atoms with Crippen molar-refractivity contribution in [3.8, 4) is 5.75 Å². The number of likely N-dealkylation sites (N-methyl/N-ethyl adjacent to an activating group) is 1. The van der Waals surface area contributed by atoms with Crippen molar-refractivity contribution in [2.45, 2.75) is 19.4 Å². The molecule has 1 aliphatic heterocycles. The monoisotopic (exact) mass is 280 g/mol. The highest BCUT2D eigenvalue weighted by molar-refractivity contribution is 5.99. The zero-order valence-electron chi connectivity index (χ0n) is 12.6. The number of Topliss-reactive ketones (excluding diaryl/α,β-unsaturated/α-hetero) is 1. The van der Waals surface area contributed by atoms with Crippen molar-refractivity contribution in [1.29, 1.82) is 0 Å². The molecule has 1 N–H and O–H groups in total. The fraction of sp³-hybridized carbons (Fsp3) is 0.714. The Morgan fingerprint density at radius 2 is 2.40 bits per heavy atom. The first-order valence-electron chi connectivity index (χ1n) is 7.13. The van der Waals surface area contributed by atoms with Crippen LogP contribution in [0.25, 0.3) is 0 Å². The number of carbonyl (C=O) groups excluding carboxylic acids is 1. The maximum Gasteiger partial charge on any atom is 0.189 e. The number of nitrogens with zero attached hydrogens (tertiary/aromatic N) is 3. The van der Waals surface area contributed by atoms with Crippen LogP contribution in [0, 0.1) is 5.92 Å². The van der Waals surface area contributed by atoms with E-state index in [0.717, 1.165) is 32.5 Å². The quantitative estimate of drug-likeness (QED) is 0.775. The lowest BCUT2D eigenvalue weighted by molar-refractivity contribution is 0.0884. The number of aromatic nitrogens is 2. The first kappa shape index (κ1) is 15.0. The highest BCUT2D eigenvalue weighted by Crippen LogP contribution is 2.24. The van der Waals surface area contributed by atoms with Crippen molar-refractivity contribution in [2.75, 3.05) is 40.8 Å². The molecule has 2 heterocycles. The van der Waals surface area contributed by atoms with Crippen LogP contribution >= 0.6 is 0 Å². The van der Waals surface area contributed by atoms with E-state index < -0.39 is 0 Å². The topological polar surface area (TPSA) is 59.4 Å². The number of rotatable bonds is 6. The largest absolute Gasteiger partial charge is 0.493 e. The normalized spacial score (nSPS) is 19.3. The Labute approximate surface area is 120 Å². The van der Waals surface area contributed by atoms with Gasteiger partial charge in [-0.15, -0.1) is 0 Å². The molecule has 6 nitrogen and oxygen atoms in total. The standard InChI is InChI=1S/C14H24N4O2/c1-17(2)7-8-18-13(12(20-3)10-16-18)14(19)11-5-4-6-15-9-11/h10-11,15H,4-9H2,1-3H3. The minimum atomic E-state index is 0.0347. The van der Waals surface area contributed by atoms with Gasteiger partial charge in [0.25, 0.3) is 0 Å². The van der Waals surface area contributed by atoms with E-state index in [9.17, 15) is 4.79 Å². The molecule has 1 aromatic rings. The third-order valence-corrected chi connectivity index (χ3v) is 3.69. The number of ketones is 1. The van der Waals surface area contributed by atoms with Crippen molar-refractivity contribution in [1.82, 2.24) is 20.0 Å². The molecule has 112 valence electrons. The summed E-state index contributed by atoms with van der Waals surface area (Å²) in [4.78, 5) is 14.8. The summed E-state index contributed by atoms with van der Waals surface area (Å²) >= 11 is 0. The maximum atomic E-state index is 12.7. The molecule has 0 aliphatic carbocycles. The molecule has 0 radical (unpaired) electrons. The molecular weight excluding hydrogens is 256 g/mol. The number of hydrogen-bond donors (Lipinski definition) is 1. The van der Waals surface area contributed by atoms with Crippen LogP contribution in [0.3, 0.4) is 0 Å². The highest BCUT2D eigenvalue weighted by Gasteiger charge is 2.28. The summed E-state index contributed by atoms with van der Waals surface area (Å²) in [7, 11) is 5.60. The van der Waals surface area contributed by atoms with Crippen LogP contribution < -0.4 is 10.1 Å². The minimum Gasteiger partial charge on any atom is -0.493 e. The average Bonchev–Trinajstić information content (AvgIpc) is 2.88. The Morgan fingerprint density at radius 3 is 3.00 bits per heavy atom. The lowest BCUT2D eigenvalue weighted by atomic mass is 9.93. The number of hydrogen-bond acceptors (Lipinski definition) is 5. The second-order valence-electron chi connectivity index (χ2n) is 5.50. The van der Waals surface area contributed by atoms with Crippen LogP contribution in [0.2, 0.25) is 0 Å². The third kappa shape index (κ3) is 3.37. The second-order valence-corrected chi connectivity index (χ2v) is 5.50. The van der Waals surface area contributed by atoms with Crippen LogP contribution in [0.1, 0.15) is 23.3 Å². The molecule has 1 aliphatic rings. The molecule has 6 heteroatoms. The number of nitrogens with one attached hydrogen (secondary N) is 1. The first-order chi connectivity index (χ1) is 9.63. The number of piperidine rings is 1. The fourth-order valence-electron chi connectivity index (χ4n) is 2.50. The van der Waals surface area contributed by atoms with Gasteiger partial charge in [-0.2, -0.15) is 5.10 Å². The SMILES string of the molecule is COc1cnn(CCN(C)C)c1C(=O)C1CCCNC1. The van der Waals surface area contributed by atoms with E-state index >= 15 is 0 Å². The Bertz CT molecular complexity index is 450. The summed E-state index contributed by atoms with van der Waals surface area (Å²) in [5, 5.41) is 7.58. The van der Waals surface area contributed by atoms with Crippen molar-refractivity contribution in [2.24, 2.45) is 5.92 Å². The molecule has 0 aromatic carbocycles. The summed E-state index contributed by atoms with van der Waals surface area (Å²) in [5.41, 5.74) is 0.614. The van der Waals surface area contributed by atoms with Crippen LogP contribution in [0.4, 0.5) is 0 Å². The zero-order valence-corrected chi connectivity index (χ0v) is 12.6. The summed E-state index contributed by atoms with van der Waals surface area (Å²) in [5.74, 6) is 0.761. The van der Waals surface area contributed by atoms with Gasteiger partial charge in [-0.3, -0.25) is 9.48 Å². The predicted octanol–water partition coefficient (Wildman–Crippen LogP) is 0.636. The Hall–Kier alpha value is -1.40. The molecule has 0 spiro atoms. The lowest BCUT2D eigenvalue weighted by Gasteiger charge is -2.22. The molecule has 1 saturated heterocycles. The van der Waals surface area contributed by atoms with Crippen molar-refractivity contribution in [3.63, 3.8) is 0 Å². The van der Waals surface area contributed by atoms with Crippen molar-refractivity contribution >= 4 is 5.78 Å². The smallest absolute Gasteiger partial charge is 0.189 e. The molecule has 1 atom stereocenters. The van der Waals surface area contributed by atoms with Crippen LogP contribution in [-0.2, 0) is 6.54 Å². The lowest BCUT2D eigenvalue weighted by Crippen LogP contribution is -2.35. The Kier molecular flexibility index (Phi) is 5.14. The summed E-state index contributed by atoms with van der Waals surface area (Å²) in [6, 6.07) is 0. The number of ether oxygens (including phenoxy) is 1. The average molecular weight is 280 g/mol. The summed E-state index contributed by atoms with van der Waals surface area (Å²) in [6.07, 6.45) is 3.62. The first-order valence-corrected chi connectivity index (χ1v) is 7.13. The van der Waals surface area contributed by atoms with Crippen molar-refractivity contribution in [3.05, 3.63) is 11.9 Å². The second kappa shape index (κ2) is 6.85. The van der Waals surface area contributed by atoms with E-state index in [1.54, 1.807) is 18.0 Å². The van der Waals surface area contributed by atoms with E-state index in [1.807, 2.05) is 14.1 Å². The molecule has 2 rings (SSSR count). The molecule has 20 heavy (non-hydrogen) atoms. The van der Waals surface area contributed by atoms with E-state index in [0.29, 0.717) is 18.0 Å². The van der Waals surface area contributed by atoms with Crippen LogP contribution in [-0.4, -0.2) is 61.3 Å². The number of methoxy groups -OCH3 is 1. The van der Waals surface area contributed by atoms with Crippen LogP contribution in [0.15, 0.2) is 6.20 Å². The molecular formula is C14H24N4O2. The Balaban J connectivity index is 2.18. The highest BCUT2D eigenvalue weighted by atomic mass is 16.5. The van der Waals surface area contributed by atoms with Gasteiger partial charge in [0.15, 0.2) is 11.5 Å². The van der Waals surface area contributed by atoms with Gasteiger partial charge in [-0.05, 0) is 33.5 Å². The fourth-order valence-corrected chi connectivity index (χ4v) is 2.50. The van der Waals surface area contributed by atoms with Crippen molar-refractivity contribution < 1.29 is 9.53 Å².